The van der Waals surface area contributed by atoms with Crippen LogP contribution in [0.25, 0.3) is 0 Å². The van der Waals surface area contributed by atoms with Gasteiger partial charge in [0.25, 0.3) is 5.91 Å². The van der Waals surface area contributed by atoms with Gasteiger partial charge in [0.2, 0.25) is 5.78 Å². The molecule has 0 aromatic heterocycles. The zero-order valence-corrected chi connectivity index (χ0v) is 9.43. The van der Waals surface area contributed by atoms with Crippen LogP contribution in [0.4, 0.5) is 0 Å². The number of primary amides is 1. The lowest BCUT2D eigenvalue weighted by Gasteiger charge is -2.14. The average Bonchev–Trinajstić information content (AvgIpc) is 2.67. The smallest absolute Gasteiger partial charge is 0.258 e. The van der Waals surface area contributed by atoms with Gasteiger partial charge in [-0.05, 0) is 18.6 Å². The quantitative estimate of drug-likeness (QED) is 0.841. The van der Waals surface area contributed by atoms with Crippen molar-refractivity contribution in [3.05, 3.63) is 23.8 Å². The number of ketones is 1. The van der Waals surface area contributed by atoms with Crippen LogP contribution in [0.15, 0.2) is 18.2 Å². The molecule has 5 heteroatoms. The first kappa shape index (κ1) is 11.4. The molecule has 0 saturated carbocycles. The molecule has 1 heterocycles. The third-order valence-corrected chi connectivity index (χ3v) is 2.58. The summed E-state index contributed by atoms with van der Waals surface area (Å²) in [4.78, 5) is 22.4. The van der Waals surface area contributed by atoms with Gasteiger partial charge in [0.1, 0.15) is 11.5 Å². The van der Waals surface area contributed by atoms with Crippen molar-refractivity contribution < 1.29 is 19.1 Å². The summed E-state index contributed by atoms with van der Waals surface area (Å²) in [6.45, 7) is 1.87. The lowest BCUT2D eigenvalue weighted by molar-refractivity contribution is -0.124. The SMILES string of the molecule is CCC(Oc1ccc2c(c1)OCC2=O)C(N)=O. The number of amides is 1. The van der Waals surface area contributed by atoms with E-state index in [1.165, 1.54) is 0 Å². The summed E-state index contributed by atoms with van der Waals surface area (Å²) in [5.41, 5.74) is 5.73. The third kappa shape index (κ3) is 2.22. The van der Waals surface area contributed by atoms with Crippen molar-refractivity contribution >= 4 is 11.7 Å². The summed E-state index contributed by atoms with van der Waals surface area (Å²) in [5, 5.41) is 0. The molecule has 2 N–H and O–H groups in total. The summed E-state index contributed by atoms with van der Waals surface area (Å²) >= 11 is 0. The molecule has 90 valence electrons. The molecule has 1 aliphatic rings. The minimum atomic E-state index is -0.662. The third-order valence-electron chi connectivity index (χ3n) is 2.58. The Morgan fingerprint density at radius 2 is 2.35 bits per heavy atom. The molecule has 2 rings (SSSR count). The van der Waals surface area contributed by atoms with E-state index in [2.05, 4.69) is 0 Å². The van der Waals surface area contributed by atoms with E-state index in [9.17, 15) is 9.59 Å². The van der Waals surface area contributed by atoms with Gasteiger partial charge in [-0.25, -0.2) is 0 Å². The number of benzene rings is 1. The zero-order chi connectivity index (χ0) is 12.4. The molecule has 0 saturated heterocycles. The minimum absolute atomic E-state index is 0.0477. The number of nitrogens with two attached hydrogens (primary N) is 1. The Bertz CT molecular complexity index is 470. The van der Waals surface area contributed by atoms with Gasteiger partial charge < -0.3 is 15.2 Å². The maximum absolute atomic E-state index is 11.3. The second kappa shape index (κ2) is 4.45. The van der Waals surface area contributed by atoms with Gasteiger partial charge in [0.15, 0.2) is 12.7 Å². The highest BCUT2D eigenvalue weighted by Crippen LogP contribution is 2.30. The number of rotatable bonds is 4. The maximum Gasteiger partial charge on any atom is 0.258 e. The number of carbonyl (C=O) groups excluding carboxylic acids is 2. The van der Waals surface area contributed by atoms with Gasteiger partial charge in [-0.2, -0.15) is 0 Å². The fourth-order valence-corrected chi connectivity index (χ4v) is 1.65. The van der Waals surface area contributed by atoms with E-state index in [1.807, 2.05) is 6.92 Å². The molecule has 1 aromatic carbocycles. The first-order valence-corrected chi connectivity index (χ1v) is 5.38. The normalized spacial score (nSPS) is 15.0. The maximum atomic E-state index is 11.3. The highest BCUT2D eigenvalue weighted by atomic mass is 16.5. The molecule has 1 amide bonds. The van der Waals surface area contributed by atoms with Crippen molar-refractivity contribution in [3.8, 4) is 11.5 Å². The van der Waals surface area contributed by atoms with Crippen LogP contribution in [0.1, 0.15) is 23.7 Å². The predicted octanol–water partition coefficient (Wildman–Crippen LogP) is 0.904. The second-order valence-electron chi connectivity index (χ2n) is 3.79. The van der Waals surface area contributed by atoms with Crippen molar-refractivity contribution in [2.24, 2.45) is 5.73 Å². The summed E-state index contributed by atoms with van der Waals surface area (Å²) in [7, 11) is 0. The van der Waals surface area contributed by atoms with E-state index in [-0.39, 0.29) is 12.4 Å². The van der Waals surface area contributed by atoms with E-state index < -0.39 is 12.0 Å². The van der Waals surface area contributed by atoms with E-state index >= 15 is 0 Å². The lowest BCUT2D eigenvalue weighted by Crippen LogP contribution is -2.32. The molecule has 0 spiro atoms. The highest BCUT2D eigenvalue weighted by molar-refractivity contribution is 6.02. The summed E-state index contributed by atoms with van der Waals surface area (Å²) in [5.74, 6) is 0.411. The number of Topliss-reactive ketones (excluding diaryl/α,β-unsaturated/α-hetero) is 1. The van der Waals surface area contributed by atoms with Gasteiger partial charge in [-0.1, -0.05) is 6.92 Å². The molecule has 17 heavy (non-hydrogen) atoms. The lowest BCUT2D eigenvalue weighted by atomic mass is 10.1. The van der Waals surface area contributed by atoms with Crippen molar-refractivity contribution in [1.82, 2.24) is 0 Å². The molecule has 1 aliphatic heterocycles. The van der Waals surface area contributed by atoms with Gasteiger partial charge in [0, 0.05) is 6.07 Å². The van der Waals surface area contributed by atoms with Crippen LogP contribution < -0.4 is 15.2 Å². The van der Waals surface area contributed by atoms with E-state index in [0.717, 1.165) is 0 Å². The summed E-state index contributed by atoms with van der Waals surface area (Å²) in [6, 6.07) is 4.87. The van der Waals surface area contributed by atoms with Gasteiger partial charge in [0.05, 0.1) is 5.56 Å². The molecule has 1 unspecified atom stereocenters. The topological polar surface area (TPSA) is 78.6 Å². The number of hydrogen-bond acceptors (Lipinski definition) is 4. The van der Waals surface area contributed by atoms with Crippen molar-refractivity contribution in [1.29, 1.82) is 0 Å². The first-order chi connectivity index (χ1) is 8.11. The van der Waals surface area contributed by atoms with E-state index in [1.54, 1.807) is 18.2 Å². The monoisotopic (exact) mass is 235 g/mol. The summed E-state index contributed by atoms with van der Waals surface area (Å²) < 4.78 is 10.6. The Kier molecular flexibility index (Phi) is 2.99. The molecule has 0 fully saturated rings. The Balaban J connectivity index is 2.18. The number of fused-ring (bicyclic) bond motifs is 1. The van der Waals surface area contributed by atoms with E-state index in [0.29, 0.717) is 23.5 Å². The molecule has 0 aliphatic carbocycles. The van der Waals surface area contributed by atoms with Crippen LogP contribution in [0.3, 0.4) is 0 Å². The van der Waals surface area contributed by atoms with Crippen molar-refractivity contribution in [2.75, 3.05) is 6.61 Å². The Morgan fingerprint density at radius 1 is 1.59 bits per heavy atom. The number of carbonyl (C=O) groups is 2. The average molecular weight is 235 g/mol. The Labute approximate surface area is 98.5 Å². The Hall–Kier alpha value is -2.04. The second-order valence-corrected chi connectivity index (χ2v) is 3.79. The molecule has 0 bridgehead atoms. The predicted molar refractivity (Wildman–Crippen MR) is 60.2 cm³/mol. The fourth-order valence-electron chi connectivity index (χ4n) is 1.65. The molecular formula is C12H13NO4. The van der Waals surface area contributed by atoms with Crippen LogP contribution in [0.2, 0.25) is 0 Å². The van der Waals surface area contributed by atoms with Crippen LogP contribution in [-0.4, -0.2) is 24.4 Å². The summed E-state index contributed by atoms with van der Waals surface area (Å²) in [6.07, 6.45) is -0.170. The number of ether oxygens (including phenoxy) is 2. The van der Waals surface area contributed by atoms with Crippen molar-refractivity contribution in [3.63, 3.8) is 0 Å². The minimum Gasteiger partial charge on any atom is -0.485 e. The molecule has 1 aromatic rings. The van der Waals surface area contributed by atoms with Crippen LogP contribution >= 0.6 is 0 Å². The zero-order valence-electron chi connectivity index (χ0n) is 9.43. The Morgan fingerprint density at radius 3 is 3.00 bits per heavy atom. The van der Waals surface area contributed by atoms with Crippen LogP contribution in [-0.2, 0) is 4.79 Å². The molecule has 5 nitrogen and oxygen atoms in total. The largest absolute Gasteiger partial charge is 0.485 e. The fraction of sp³-hybridized carbons (Fsp3) is 0.333. The standard InChI is InChI=1S/C12H13NO4/c1-2-10(12(13)15)17-7-3-4-8-9(14)6-16-11(8)5-7/h3-5,10H,2,6H2,1H3,(H2,13,15). The van der Waals surface area contributed by atoms with Crippen LogP contribution in [0, 0.1) is 0 Å². The van der Waals surface area contributed by atoms with Gasteiger partial charge in [-0.15, -0.1) is 0 Å². The van der Waals surface area contributed by atoms with Crippen LogP contribution in [0.5, 0.6) is 11.5 Å². The van der Waals surface area contributed by atoms with Crippen molar-refractivity contribution in [2.45, 2.75) is 19.4 Å². The molecule has 1 atom stereocenters. The number of hydrogen-bond donors (Lipinski definition) is 1. The molecular weight excluding hydrogens is 222 g/mol. The van der Waals surface area contributed by atoms with Gasteiger partial charge in [-0.3, -0.25) is 9.59 Å². The van der Waals surface area contributed by atoms with Gasteiger partial charge >= 0.3 is 0 Å². The molecule has 0 radical (unpaired) electrons. The highest BCUT2D eigenvalue weighted by Gasteiger charge is 2.22. The first-order valence-electron chi connectivity index (χ1n) is 5.38. The van der Waals surface area contributed by atoms with E-state index in [4.69, 9.17) is 15.2 Å².